The molecule has 2 aromatic rings. The quantitative estimate of drug-likeness (QED) is 0.612. The van der Waals surface area contributed by atoms with Crippen molar-refractivity contribution in [2.75, 3.05) is 5.73 Å². The molecule has 0 aliphatic rings. The molecule has 0 atom stereocenters. The zero-order chi connectivity index (χ0) is 9.26. The maximum atomic E-state index is 9.22. The molecule has 66 valence electrons. The number of imidazole rings is 1. The van der Waals surface area contributed by atoms with Gasteiger partial charge in [0.15, 0.2) is 5.95 Å². The maximum Gasteiger partial charge on any atom is 0.197 e. The van der Waals surface area contributed by atoms with Crippen molar-refractivity contribution in [2.24, 2.45) is 0 Å². The van der Waals surface area contributed by atoms with Crippen LogP contribution in [0.25, 0.3) is 11.3 Å². The molecule has 0 spiro atoms. The molecule has 0 saturated carbocycles. The summed E-state index contributed by atoms with van der Waals surface area (Å²) in [6, 6.07) is 6.89. The molecule has 2 rings (SSSR count). The molecule has 4 heteroatoms. The smallest absolute Gasteiger partial charge is 0.197 e. The Morgan fingerprint density at radius 2 is 2.23 bits per heavy atom. The van der Waals surface area contributed by atoms with E-state index in [1.807, 2.05) is 6.07 Å². The van der Waals surface area contributed by atoms with Gasteiger partial charge in [-0.25, -0.2) is 4.98 Å². The van der Waals surface area contributed by atoms with Gasteiger partial charge >= 0.3 is 0 Å². The van der Waals surface area contributed by atoms with Gasteiger partial charge < -0.3 is 15.8 Å². The minimum Gasteiger partial charge on any atom is -0.508 e. The molecule has 13 heavy (non-hydrogen) atoms. The lowest BCUT2D eigenvalue weighted by Gasteiger charge is -1.97. The fraction of sp³-hybridized carbons (Fsp3) is 0. The number of aromatic nitrogens is 2. The fourth-order valence-electron chi connectivity index (χ4n) is 1.16. The van der Waals surface area contributed by atoms with Crippen molar-refractivity contribution in [3.63, 3.8) is 0 Å². The molecule has 0 radical (unpaired) electrons. The fourth-order valence-corrected chi connectivity index (χ4v) is 1.16. The van der Waals surface area contributed by atoms with Crippen molar-refractivity contribution in [1.29, 1.82) is 0 Å². The van der Waals surface area contributed by atoms with E-state index in [1.165, 1.54) is 0 Å². The van der Waals surface area contributed by atoms with Gasteiger partial charge in [0, 0.05) is 5.56 Å². The number of nitrogens with zero attached hydrogens (tertiary/aromatic N) is 1. The second-order valence-corrected chi connectivity index (χ2v) is 2.73. The predicted octanol–water partition coefficient (Wildman–Crippen LogP) is 1.36. The third-order valence-electron chi connectivity index (χ3n) is 1.75. The highest BCUT2D eigenvalue weighted by Gasteiger charge is 2.00. The number of aromatic amines is 1. The van der Waals surface area contributed by atoms with Gasteiger partial charge in [-0.05, 0) is 12.1 Å². The second-order valence-electron chi connectivity index (χ2n) is 2.73. The first-order valence-electron chi connectivity index (χ1n) is 3.85. The van der Waals surface area contributed by atoms with Gasteiger partial charge in [-0.3, -0.25) is 0 Å². The molecular weight excluding hydrogens is 166 g/mol. The van der Waals surface area contributed by atoms with E-state index >= 15 is 0 Å². The highest BCUT2D eigenvalue weighted by Crippen LogP contribution is 2.21. The van der Waals surface area contributed by atoms with Crippen LogP contribution in [0, 0.1) is 0 Å². The molecule has 1 heterocycles. The summed E-state index contributed by atoms with van der Waals surface area (Å²) < 4.78 is 0. The molecule has 0 unspecified atom stereocenters. The van der Waals surface area contributed by atoms with E-state index in [1.54, 1.807) is 24.4 Å². The lowest BCUT2D eigenvalue weighted by molar-refractivity contribution is 0.475. The number of rotatable bonds is 1. The van der Waals surface area contributed by atoms with Crippen molar-refractivity contribution in [3.8, 4) is 17.0 Å². The van der Waals surface area contributed by atoms with Gasteiger partial charge in [0.1, 0.15) is 5.75 Å². The van der Waals surface area contributed by atoms with E-state index in [0.29, 0.717) is 5.95 Å². The Bertz CT molecular complexity index is 422. The van der Waals surface area contributed by atoms with Gasteiger partial charge in [-0.2, -0.15) is 0 Å². The van der Waals surface area contributed by atoms with Crippen LogP contribution in [0.3, 0.4) is 0 Å². The lowest BCUT2D eigenvalue weighted by Crippen LogP contribution is -1.85. The number of nitrogens with one attached hydrogen (secondary N) is 1. The average molecular weight is 175 g/mol. The van der Waals surface area contributed by atoms with Crippen LogP contribution in [-0.4, -0.2) is 15.1 Å². The maximum absolute atomic E-state index is 9.22. The number of nitrogens with two attached hydrogens (primary N) is 1. The molecule has 0 bridgehead atoms. The first kappa shape index (κ1) is 7.67. The average Bonchev–Trinajstić information content (AvgIpc) is 2.52. The number of H-pyrrole nitrogens is 1. The molecule has 0 saturated heterocycles. The lowest BCUT2D eigenvalue weighted by atomic mass is 10.2. The largest absolute Gasteiger partial charge is 0.508 e. The summed E-state index contributed by atoms with van der Waals surface area (Å²) >= 11 is 0. The zero-order valence-corrected chi connectivity index (χ0v) is 6.86. The number of aromatic hydroxyl groups is 1. The van der Waals surface area contributed by atoms with Crippen LogP contribution < -0.4 is 5.73 Å². The summed E-state index contributed by atoms with van der Waals surface area (Å²) in [6.07, 6.45) is 1.63. The number of benzene rings is 1. The van der Waals surface area contributed by atoms with Crippen LogP contribution in [0.1, 0.15) is 0 Å². The third-order valence-corrected chi connectivity index (χ3v) is 1.75. The van der Waals surface area contributed by atoms with Crippen molar-refractivity contribution >= 4 is 5.95 Å². The van der Waals surface area contributed by atoms with E-state index in [2.05, 4.69) is 9.97 Å². The number of phenols is 1. The predicted molar refractivity (Wildman–Crippen MR) is 50.1 cm³/mol. The first-order chi connectivity index (χ1) is 6.25. The van der Waals surface area contributed by atoms with Crippen LogP contribution in [0.4, 0.5) is 5.95 Å². The third kappa shape index (κ3) is 1.46. The highest BCUT2D eigenvalue weighted by molar-refractivity contribution is 5.61. The minimum atomic E-state index is 0.227. The van der Waals surface area contributed by atoms with Crippen LogP contribution in [0.15, 0.2) is 30.5 Å². The summed E-state index contributed by atoms with van der Waals surface area (Å²) in [5.41, 5.74) is 7.09. The van der Waals surface area contributed by atoms with Crippen molar-refractivity contribution in [2.45, 2.75) is 0 Å². The summed E-state index contributed by atoms with van der Waals surface area (Å²) in [5, 5.41) is 9.22. The topological polar surface area (TPSA) is 74.9 Å². The monoisotopic (exact) mass is 175 g/mol. The van der Waals surface area contributed by atoms with Gasteiger partial charge in [0.25, 0.3) is 0 Å². The van der Waals surface area contributed by atoms with Crippen molar-refractivity contribution in [3.05, 3.63) is 30.5 Å². The van der Waals surface area contributed by atoms with Crippen molar-refractivity contribution in [1.82, 2.24) is 9.97 Å². The summed E-state index contributed by atoms with van der Waals surface area (Å²) in [4.78, 5) is 6.74. The Balaban J connectivity index is 2.46. The number of hydrogen-bond acceptors (Lipinski definition) is 3. The van der Waals surface area contributed by atoms with E-state index in [-0.39, 0.29) is 5.75 Å². The molecule has 1 aromatic heterocycles. The van der Waals surface area contributed by atoms with Gasteiger partial charge in [0.2, 0.25) is 0 Å². The van der Waals surface area contributed by atoms with E-state index in [9.17, 15) is 5.11 Å². The Labute approximate surface area is 75.1 Å². The zero-order valence-electron chi connectivity index (χ0n) is 6.86. The Hall–Kier alpha value is -1.97. The summed E-state index contributed by atoms with van der Waals surface area (Å²) in [7, 11) is 0. The first-order valence-corrected chi connectivity index (χ1v) is 3.85. The van der Waals surface area contributed by atoms with Gasteiger partial charge in [0.05, 0.1) is 11.9 Å². The standard InChI is InChI=1S/C9H9N3O/c10-9-11-5-8(12-9)6-2-1-3-7(13)4-6/h1-5,13H,(H3,10,11,12). The molecule has 4 N–H and O–H groups in total. The summed E-state index contributed by atoms with van der Waals surface area (Å²) in [6.45, 7) is 0. The van der Waals surface area contributed by atoms with E-state index < -0.39 is 0 Å². The molecule has 1 aromatic carbocycles. The van der Waals surface area contributed by atoms with Crippen LogP contribution >= 0.6 is 0 Å². The SMILES string of the molecule is Nc1ncc(-c2cccc(O)c2)[nH]1. The number of anilines is 1. The molecule has 0 fully saturated rings. The van der Waals surface area contributed by atoms with Crippen LogP contribution in [0.5, 0.6) is 5.75 Å². The molecular formula is C9H9N3O. The van der Waals surface area contributed by atoms with Gasteiger partial charge in [-0.1, -0.05) is 12.1 Å². The number of nitrogen functional groups attached to an aromatic ring is 1. The molecule has 4 nitrogen and oxygen atoms in total. The molecule has 0 aliphatic heterocycles. The highest BCUT2D eigenvalue weighted by atomic mass is 16.3. The van der Waals surface area contributed by atoms with E-state index in [0.717, 1.165) is 11.3 Å². The number of phenolic OH excluding ortho intramolecular Hbond substituents is 1. The normalized spacial score (nSPS) is 10.2. The molecule has 0 aliphatic carbocycles. The van der Waals surface area contributed by atoms with Gasteiger partial charge in [-0.15, -0.1) is 0 Å². The second kappa shape index (κ2) is 2.82. The van der Waals surface area contributed by atoms with E-state index in [4.69, 9.17) is 5.73 Å². The van der Waals surface area contributed by atoms with Crippen molar-refractivity contribution < 1.29 is 5.11 Å². The Kier molecular flexibility index (Phi) is 1.66. The summed E-state index contributed by atoms with van der Waals surface area (Å²) in [5.74, 6) is 0.601. The van der Waals surface area contributed by atoms with Crippen LogP contribution in [-0.2, 0) is 0 Å². The van der Waals surface area contributed by atoms with Crippen LogP contribution in [0.2, 0.25) is 0 Å². The minimum absolute atomic E-state index is 0.227. The Morgan fingerprint density at radius 3 is 2.85 bits per heavy atom. The Morgan fingerprint density at radius 1 is 1.38 bits per heavy atom. The molecule has 0 amide bonds. The number of hydrogen-bond donors (Lipinski definition) is 3.